The average Bonchev–Trinajstić information content (AvgIpc) is 3.20. The number of nitrogens with one attached hydrogen (secondary N) is 2. The van der Waals surface area contributed by atoms with Gasteiger partial charge in [-0.3, -0.25) is 10.3 Å². The Labute approximate surface area is 135 Å². The van der Waals surface area contributed by atoms with Crippen molar-refractivity contribution in [2.75, 3.05) is 18.5 Å². The van der Waals surface area contributed by atoms with Crippen molar-refractivity contribution >= 4 is 11.8 Å². The van der Waals surface area contributed by atoms with Gasteiger partial charge in [-0.05, 0) is 25.0 Å². The normalized spacial score (nSPS) is 17.2. The highest BCUT2D eigenvalue weighted by Crippen LogP contribution is 2.17. The maximum absolute atomic E-state index is 12.1. The third-order valence-corrected chi connectivity index (χ3v) is 3.95. The smallest absolute Gasteiger partial charge is 0.320 e. The first-order chi connectivity index (χ1) is 11.2. The Bertz CT molecular complexity index is 664. The number of hydrogen-bond donors (Lipinski definition) is 2. The Morgan fingerprint density at radius 3 is 3.13 bits per heavy atom. The number of ether oxygens (including phenoxy) is 1. The van der Waals surface area contributed by atoms with Gasteiger partial charge < -0.3 is 10.1 Å². The number of urea groups is 1. The molecule has 7 heteroatoms. The highest BCUT2D eigenvalue weighted by atomic mass is 16.5. The highest BCUT2D eigenvalue weighted by molar-refractivity contribution is 5.88. The van der Waals surface area contributed by atoms with Crippen LogP contribution < -0.4 is 10.6 Å². The van der Waals surface area contributed by atoms with Gasteiger partial charge in [0.25, 0.3) is 0 Å². The number of carbonyl (C=O) groups excluding carboxylic acids is 1. The summed E-state index contributed by atoms with van der Waals surface area (Å²) in [6, 6.07) is 5.38. The molecule has 1 aliphatic rings. The molecule has 122 valence electrons. The molecule has 0 unspecified atom stereocenters. The molecule has 2 aromatic heterocycles. The molecule has 0 aliphatic carbocycles. The number of rotatable bonds is 5. The van der Waals surface area contributed by atoms with E-state index in [0.717, 1.165) is 37.4 Å². The molecule has 1 atom stereocenters. The molecule has 0 aromatic carbocycles. The number of hydrogen-bond acceptors (Lipinski definition) is 4. The quantitative estimate of drug-likeness (QED) is 0.883. The Balaban J connectivity index is 1.54. The van der Waals surface area contributed by atoms with Crippen molar-refractivity contribution in [2.24, 2.45) is 5.92 Å². The average molecular weight is 315 g/mol. The molecule has 0 radical (unpaired) electrons. The van der Waals surface area contributed by atoms with Crippen LogP contribution in [0, 0.1) is 12.8 Å². The summed E-state index contributed by atoms with van der Waals surface area (Å²) >= 11 is 0. The molecule has 3 heterocycles. The van der Waals surface area contributed by atoms with Gasteiger partial charge in [0, 0.05) is 31.3 Å². The van der Waals surface area contributed by atoms with Crippen LogP contribution in [0.2, 0.25) is 0 Å². The summed E-state index contributed by atoms with van der Waals surface area (Å²) in [4.78, 5) is 16.3. The second-order valence-electron chi connectivity index (χ2n) is 5.70. The summed E-state index contributed by atoms with van der Waals surface area (Å²) in [7, 11) is 0. The minimum atomic E-state index is -0.264. The molecule has 0 saturated carbocycles. The van der Waals surface area contributed by atoms with Crippen LogP contribution in [0.1, 0.15) is 17.7 Å². The lowest BCUT2D eigenvalue weighted by Crippen LogP contribution is -2.30. The summed E-state index contributed by atoms with van der Waals surface area (Å²) < 4.78 is 7.19. The van der Waals surface area contributed by atoms with Gasteiger partial charge in [-0.1, -0.05) is 6.07 Å². The molecular weight excluding hydrogens is 294 g/mol. The minimum absolute atomic E-state index is 0.264. The fourth-order valence-electron chi connectivity index (χ4n) is 2.58. The van der Waals surface area contributed by atoms with E-state index >= 15 is 0 Å². The van der Waals surface area contributed by atoms with E-state index in [4.69, 9.17) is 4.74 Å². The van der Waals surface area contributed by atoms with Gasteiger partial charge in [-0.25, -0.2) is 9.48 Å². The van der Waals surface area contributed by atoms with Gasteiger partial charge in [0.1, 0.15) is 5.82 Å². The molecule has 7 nitrogen and oxygen atoms in total. The zero-order valence-electron chi connectivity index (χ0n) is 13.2. The van der Waals surface area contributed by atoms with E-state index in [9.17, 15) is 4.79 Å². The number of nitrogens with zero attached hydrogens (tertiary/aromatic N) is 3. The highest BCUT2D eigenvalue weighted by Gasteiger charge is 2.18. The van der Waals surface area contributed by atoms with Gasteiger partial charge in [0.05, 0.1) is 25.0 Å². The molecule has 2 N–H and O–H groups in total. The minimum Gasteiger partial charge on any atom is -0.381 e. The first kappa shape index (κ1) is 15.5. The number of anilines is 1. The van der Waals surface area contributed by atoms with Crippen LogP contribution in [-0.4, -0.2) is 34.0 Å². The Morgan fingerprint density at radius 1 is 1.43 bits per heavy atom. The summed E-state index contributed by atoms with van der Waals surface area (Å²) in [5.74, 6) is 1.14. The van der Waals surface area contributed by atoms with Crippen molar-refractivity contribution in [3.05, 3.63) is 41.9 Å². The van der Waals surface area contributed by atoms with Crippen LogP contribution in [0.25, 0.3) is 0 Å². The molecule has 1 saturated heterocycles. The lowest BCUT2D eigenvalue weighted by molar-refractivity contribution is 0.181. The summed E-state index contributed by atoms with van der Waals surface area (Å²) in [6.45, 7) is 4.68. The predicted octanol–water partition coefficient (Wildman–Crippen LogP) is 1.94. The van der Waals surface area contributed by atoms with Crippen molar-refractivity contribution < 1.29 is 9.53 Å². The van der Waals surface area contributed by atoms with Gasteiger partial charge in [0.2, 0.25) is 0 Å². The molecule has 3 rings (SSSR count). The first-order valence-electron chi connectivity index (χ1n) is 7.77. The molecule has 1 fully saturated rings. The largest absolute Gasteiger partial charge is 0.381 e. The van der Waals surface area contributed by atoms with Crippen LogP contribution in [0.4, 0.5) is 10.6 Å². The van der Waals surface area contributed by atoms with E-state index in [1.165, 1.54) is 0 Å². The number of pyridine rings is 1. The van der Waals surface area contributed by atoms with E-state index in [1.807, 2.05) is 23.7 Å². The standard InChI is InChI=1S/C16H21N5O2/c1-12-3-2-6-17-14(12)9-18-16(22)20-15-4-7-19-21(15)10-13-5-8-23-11-13/h2-4,6-7,13H,5,8-11H2,1H3,(H2,18,20,22)/t13-/m1/s1. The summed E-state index contributed by atoms with van der Waals surface area (Å²) in [5, 5.41) is 9.93. The molecular formula is C16H21N5O2. The Morgan fingerprint density at radius 2 is 2.35 bits per heavy atom. The molecule has 1 aliphatic heterocycles. The number of aryl methyl sites for hydroxylation is 1. The van der Waals surface area contributed by atoms with Gasteiger partial charge in [-0.2, -0.15) is 5.10 Å². The van der Waals surface area contributed by atoms with Crippen molar-refractivity contribution in [1.29, 1.82) is 0 Å². The van der Waals surface area contributed by atoms with E-state index in [-0.39, 0.29) is 6.03 Å². The lowest BCUT2D eigenvalue weighted by Gasteiger charge is -2.13. The zero-order chi connectivity index (χ0) is 16.1. The Kier molecular flexibility index (Phi) is 4.87. The molecule has 23 heavy (non-hydrogen) atoms. The molecule has 0 bridgehead atoms. The van der Waals surface area contributed by atoms with Crippen molar-refractivity contribution in [2.45, 2.75) is 26.4 Å². The SMILES string of the molecule is Cc1cccnc1CNC(=O)Nc1ccnn1C[C@H]1CCOC1. The van der Waals surface area contributed by atoms with Crippen LogP contribution >= 0.6 is 0 Å². The summed E-state index contributed by atoms with van der Waals surface area (Å²) in [5.41, 5.74) is 1.92. The predicted molar refractivity (Wildman–Crippen MR) is 86.0 cm³/mol. The lowest BCUT2D eigenvalue weighted by atomic mass is 10.1. The first-order valence-corrected chi connectivity index (χ1v) is 7.77. The third-order valence-electron chi connectivity index (χ3n) is 3.95. The molecule has 2 aromatic rings. The topological polar surface area (TPSA) is 81.1 Å². The van der Waals surface area contributed by atoms with E-state index in [1.54, 1.807) is 18.5 Å². The molecule has 0 spiro atoms. The van der Waals surface area contributed by atoms with Crippen molar-refractivity contribution in [3.8, 4) is 0 Å². The van der Waals surface area contributed by atoms with Crippen LogP contribution in [-0.2, 0) is 17.8 Å². The molecule has 2 amide bonds. The van der Waals surface area contributed by atoms with E-state index in [0.29, 0.717) is 18.3 Å². The number of amides is 2. The summed E-state index contributed by atoms with van der Waals surface area (Å²) in [6.07, 6.45) is 4.44. The van der Waals surface area contributed by atoms with E-state index in [2.05, 4.69) is 20.7 Å². The monoisotopic (exact) mass is 315 g/mol. The number of carbonyl (C=O) groups is 1. The van der Waals surface area contributed by atoms with Gasteiger partial charge >= 0.3 is 6.03 Å². The maximum atomic E-state index is 12.1. The second kappa shape index (κ2) is 7.23. The van der Waals surface area contributed by atoms with Crippen LogP contribution in [0.3, 0.4) is 0 Å². The number of aromatic nitrogens is 3. The van der Waals surface area contributed by atoms with E-state index < -0.39 is 0 Å². The fourth-order valence-corrected chi connectivity index (χ4v) is 2.58. The zero-order valence-corrected chi connectivity index (χ0v) is 13.2. The van der Waals surface area contributed by atoms with Crippen molar-refractivity contribution in [1.82, 2.24) is 20.1 Å². The van der Waals surface area contributed by atoms with Crippen LogP contribution in [0.5, 0.6) is 0 Å². The fraction of sp³-hybridized carbons (Fsp3) is 0.438. The van der Waals surface area contributed by atoms with Gasteiger partial charge in [-0.15, -0.1) is 0 Å². The van der Waals surface area contributed by atoms with Crippen molar-refractivity contribution in [3.63, 3.8) is 0 Å². The van der Waals surface area contributed by atoms with Crippen LogP contribution in [0.15, 0.2) is 30.6 Å². The maximum Gasteiger partial charge on any atom is 0.320 e. The third kappa shape index (κ3) is 4.07. The Hall–Kier alpha value is -2.41. The van der Waals surface area contributed by atoms with Gasteiger partial charge in [0.15, 0.2) is 0 Å². The second-order valence-corrected chi connectivity index (χ2v) is 5.70.